The molecule has 1 atom stereocenters. The first-order valence-corrected chi connectivity index (χ1v) is 12.9. The van der Waals surface area contributed by atoms with E-state index in [0.29, 0.717) is 25.7 Å². The molecule has 0 fully saturated rings. The number of thiazole rings is 1. The number of ether oxygens (including phenoxy) is 1. The molecule has 184 valence electrons. The molecule has 7 nitrogen and oxygen atoms in total. The lowest BCUT2D eigenvalue weighted by atomic mass is 9.83. The van der Waals surface area contributed by atoms with Gasteiger partial charge in [0.25, 0.3) is 11.2 Å². The highest BCUT2D eigenvalue weighted by Crippen LogP contribution is 2.43. The fourth-order valence-electron chi connectivity index (χ4n) is 5.09. The van der Waals surface area contributed by atoms with Crippen molar-refractivity contribution in [3.05, 3.63) is 129 Å². The number of aryl methyl sites for hydroxylation is 1. The Bertz CT molecular complexity index is 1800. The Morgan fingerprint density at radius 1 is 1.14 bits per heavy atom. The van der Waals surface area contributed by atoms with Crippen molar-refractivity contribution in [2.24, 2.45) is 4.99 Å². The van der Waals surface area contributed by atoms with Crippen LogP contribution < -0.4 is 19.6 Å². The fourth-order valence-corrected chi connectivity index (χ4v) is 6.25. The second kappa shape index (κ2) is 9.14. The van der Waals surface area contributed by atoms with Gasteiger partial charge in [-0.2, -0.15) is 0 Å². The maximum atomic E-state index is 13.9. The molecular weight excluding hydrogens is 510 g/mol. The number of benzene rings is 3. The molecule has 0 bridgehead atoms. The van der Waals surface area contributed by atoms with Gasteiger partial charge in [-0.3, -0.25) is 19.5 Å². The monoisotopic (exact) mass is 529 g/mol. The van der Waals surface area contributed by atoms with Gasteiger partial charge in [-0.25, -0.2) is 4.99 Å². The van der Waals surface area contributed by atoms with Gasteiger partial charge in [-0.05, 0) is 42.2 Å². The number of methoxy groups -OCH3 is 1. The molecule has 3 aromatic carbocycles. The summed E-state index contributed by atoms with van der Waals surface area (Å²) in [5, 5.41) is 11.6. The topological polar surface area (TPSA) is 86.7 Å². The number of hydrogen-bond donors (Lipinski definition) is 0. The minimum absolute atomic E-state index is 0.0950. The van der Waals surface area contributed by atoms with Gasteiger partial charge in [0.05, 0.1) is 28.3 Å². The van der Waals surface area contributed by atoms with Crippen LogP contribution in [0.4, 0.5) is 5.69 Å². The Kier molecular flexibility index (Phi) is 5.78. The van der Waals surface area contributed by atoms with E-state index in [1.807, 2.05) is 36.4 Å². The van der Waals surface area contributed by atoms with Gasteiger partial charge in [-0.15, -0.1) is 0 Å². The molecule has 0 N–H and O–H groups in total. The molecule has 1 aliphatic heterocycles. The quantitative estimate of drug-likeness (QED) is 0.278. The van der Waals surface area contributed by atoms with Crippen molar-refractivity contribution in [3.63, 3.8) is 0 Å². The SMILES string of the molecule is COc1ccccc1C1C2=C(N=c3sc(=Cc4cc([N+](=O)[O-])ccc4Cl)c(=O)n31)c1ccccc1CC2. The molecule has 0 saturated carbocycles. The van der Waals surface area contributed by atoms with E-state index in [2.05, 4.69) is 12.1 Å². The highest BCUT2D eigenvalue weighted by atomic mass is 35.5. The second-order valence-corrected chi connectivity index (χ2v) is 10.2. The number of non-ortho nitro benzene ring substituents is 1. The summed E-state index contributed by atoms with van der Waals surface area (Å²) in [6.07, 6.45) is 3.22. The van der Waals surface area contributed by atoms with E-state index < -0.39 is 11.0 Å². The molecule has 4 aromatic rings. The molecule has 1 aromatic heterocycles. The van der Waals surface area contributed by atoms with Gasteiger partial charge < -0.3 is 4.74 Å². The third-order valence-corrected chi connectivity index (χ3v) is 8.11. The molecule has 0 amide bonds. The number of nitrogens with zero attached hydrogens (tertiary/aromatic N) is 3. The van der Waals surface area contributed by atoms with Crippen molar-refractivity contribution in [1.82, 2.24) is 4.57 Å². The summed E-state index contributed by atoms with van der Waals surface area (Å²) in [4.78, 5) is 30.3. The Hall–Kier alpha value is -4.01. The molecule has 0 spiro atoms. The van der Waals surface area contributed by atoms with Crippen molar-refractivity contribution in [2.75, 3.05) is 7.11 Å². The zero-order chi connectivity index (χ0) is 25.7. The van der Waals surface area contributed by atoms with Crippen LogP contribution >= 0.6 is 22.9 Å². The van der Waals surface area contributed by atoms with Crippen LogP contribution in [0, 0.1) is 10.1 Å². The minimum atomic E-state index is -0.484. The predicted molar refractivity (Wildman–Crippen MR) is 144 cm³/mol. The van der Waals surface area contributed by atoms with E-state index in [0.717, 1.165) is 35.2 Å². The molecule has 2 aliphatic rings. The van der Waals surface area contributed by atoms with E-state index in [-0.39, 0.29) is 11.2 Å². The summed E-state index contributed by atoms with van der Waals surface area (Å²) in [5.41, 5.74) is 5.22. The molecule has 1 aliphatic carbocycles. The van der Waals surface area contributed by atoms with Crippen LogP contribution in [0.15, 0.2) is 82.1 Å². The first kappa shape index (κ1) is 23.4. The van der Waals surface area contributed by atoms with Crippen LogP contribution in [0.25, 0.3) is 11.8 Å². The van der Waals surface area contributed by atoms with Crippen LogP contribution in [0.3, 0.4) is 0 Å². The average Bonchev–Trinajstić information content (AvgIpc) is 3.22. The van der Waals surface area contributed by atoms with E-state index in [9.17, 15) is 14.9 Å². The molecule has 37 heavy (non-hydrogen) atoms. The standard InChI is InChI=1S/C28H20ClN3O4S/c1-36-23-9-5-4-8-20(23)26-21-12-10-16-6-2-3-7-19(16)25(21)30-28-31(26)27(33)24(37-28)15-17-14-18(32(34)35)11-13-22(17)29/h2-9,11,13-15,26H,10,12H2,1H3. The molecule has 1 unspecified atom stereocenters. The summed E-state index contributed by atoms with van der Waals surface area (Å²) in [6.45, 7) is 0. The highest BCUT2D eigenvalue weighted by molar-refractivity contribution is 7.07. The zero-order valence-corrected chi connectivity index (χ0v) is 21.3. The third-order valence-electron chi connectivity index (χ3n) is 6.78. The van der Waals surface area contributed by atoms with E-state index in [1.54, 1.807) is 17.8 Å². The summed E-state index contributed by atoms with van der Waals surface area (Å²) in [7, 11) is 1.62. The number of hydrogen-bond acceptors (Lipinski definition) is 6. The van der Waals surface area contributed by atoms with Crippen molar-refractivity contribution in [3.8, 4) is 5.75 Å². The van der Waals surface area contributed by atoms with Crippen LogP contribution in [-0.4, -0.2) is 16.6 Å². The average molecular weight is 530 g/mol. The molecule has 0 radical (unpaired) electrons. The Balaban J connectivity index is 1.64. The smallest absolute Gasteiger partial charge is 0.271 e. The number of allylic oxidation sites excluding steroid dienone is 1. The Morgan fingerprint density at radius 3 is 2.73 bits per heavy atom. The van der Waals surface area contributed by atoms with E-state index >= 15 is 0 Å². The van der Waals surface area contributed by atoms with Crippen LogP contribution in [0.1, 0.15) is 34.7 Å². The normalized spacial score (nSPS) is 16.5. The predicted octanol–water partition coefficient (Wildman–Crippen LogP) is 4.89. The van der Waals surface area contributed by atoms with Crippen molar-refractivity contribution < 1.29 is 9.66 Å². The lowest BCUT2D eigenvalue weighted by Crippen LogP contribution is -2.39. The third kappa shape index (κ3) is 3.89. The molecule has 9 heteroatoms. The summed E-state index contributed by atoms with van der Waals surface area (Å²) < 4.78 is 7.81. The molecule has 6 rings (SSSR count). The summed E-state index contributed by atoms with van der Waals surface area (Å²) >= 11 is 7.59. The van der Waals surface area contributed by atoms with Gasteiger partial charge in [0.15, 0.2) is 4.80 Å². The van der Waals surface area contributed by atoms with Crippen LogP contribution in [-0.2, 0) is 6.42 Å². The molecule has 2 heterocycles. The molecular formula is C28H20ClN3O4S. The molecule has 0 saturated heterocycles. The van der Waals surface area contributed by atoms with Crippen molar-refractivity contribution in [1.29, 1.82) is 0 Å². The summed E-state index contributed by atoms with van der Waals surface area (Å²) in [5.74, 6) is 0.691. The zero-order valence-electron chi connectivity index (χ0n) is 19.7. The highest BCUT2D eigenvalue weighted by Gasteiger charge is 2.34. The van der Waals surface area contributed by atoms with Crippen molar-refractivity contribution in [2.45, 2.75) is 18.9 Å². The lowest BCUT2D eigenvalue weighted by Gasteiger charge is -2.31. The fraction of sp³-hybridized carbons (Fsp3) is 0.143. The second-order valence-electron chi connectivity index (χ2n) is 8.82. The Labute approximate surface area is 220 Å². The largest absolute Gasteiger partial charge is 0.496 e. The van der Waals surface area contributed by atoms with Gasteiger partial charge >= 0.3 is 0 Å². The number of halogens is 1. The summed E-state index contributed by atoms with van der Waals surface area (Å²) in [6, 6.07) is 19.7. The van der Waals surface area contributed by atoms with Gasteiger partial charge in [-0.1, -0.05) is 65.4 Å². The van der Waals surface area contributed by atoms with Crippen molar-refractivity contribution >= 4 is 40.4 Å². The van der Waals surface area contributed by atoms with Crippen LogP contribution in [0.5, 0.6) is 5.75 Å². The van der Waals surface area contributed by atoms with Gasteiger partial charge in [0.2, 0.25) is 0 Å². The van der Waals surface area contributed by atoms with E-state index in [4.69, 9.17) is 21.3 Å². The maximum absolute atomic E-state index is 13.9. The number of aromatic nitrogens is 1. The number of fused-ring (bicyclic) bond motifs is 3. The number of para-hydroxylation sites is 1. The van der Waals surface area contributed by atoms with Crippen LogP contribution in [0.2, 0.25) is 5.02 Å². The van der Waals surface area contributed by atoms with E-state index in [1.165, 1.54) is 35.1 Å². The first-order chi connectivity index (χ1) is 18.0. The van der Waals surface area contributed by atoms with Gasteiger partial charge in [0, 0.05) is 33.8 Å². The lowest BCUT2D eigenvalue weighted by molar-refractivity contribution is -0.384. The number of rotatable bonds is 4. The minimum Gasteiger partial charge on any atom is -0.496 e. The van der Waals surface area contributed by atoms with Gasteiger partial charge in [0.1, 0.15) is 5.75 Å². The maximum Gasteiger partial charge on any atom is 0.271 e. The Morgan fingerprint density at radius 2 is 1.92 bits per heavy atom. The first-order valence-electron chi connectivity index (χ1n) is 11.7. The number of nitro benzene ring substituents is 1. The number of nitro groups is 1.